The Labute approximate surface area is 132 Å². The van der Waals surface area contributed by atoms with E-state index in [0.29, 0.717) is 13.1 Å². The van der Waals surface area contributed by atoms with Crippen molar-refractivity contribution in [3.05, 3.63) is 0 Å². The van der Waals surface area contributed by atoms with Gasteiger partial charge in [0.05, 0.1) is 0 Å². The molecule has 0 aromatic rings. The fourth-order valence-electron chi connectivity index (χ4n) is 2.61. The number of carbonyl (C=O) groups is 3. The third kappa shape index (κ3) is 5.31. The van der Waals surface area contributed by atoms with Gasteiger partial charge in [0, 0.05) is 32.0 Å². The molecule has 0 spiro atoms. The van der Waals surface area contributed by atoms with Gasteiger partial charge in [0.25, 0.3) is 0 Å². The standard InChI is InChI=1S/C16H28N2O4/c1-4-10-17(11-5-2)14(19)8-9-15(20)18(13-6-7-13)12(3)16(21)22/h12-13H,4-11H2,1-3H3,(H,21,22). The number of carbonyl (C=O) groups excluding carboxylic acids is 2. The minimum absolute atomic E-state index is 0.0178. The van der Waals surface area contributed by atoms with E-state index in [0.717, 1.165) is 25.7 Å². The maximum Gasteiger partial charge on any atom is 0.326 e. The molecule has 0 radical (unpaired) electrons. The third-order valence-corrected chi connectivity index (χ3v) is 3.90. The van der Waals surface area contributed by atoms with Crippen molar-refractivity contribution in [2.45, 2.75) is 71.4 Å². The van der Waals surface area contributed by atoms with Crippen LogP contribution in [0.3, 0.4) is 0 Å². The van der Waals surface area contributed by atoms with E-state index in [1.807, 2.05) is 13.8 Å². The summed E-state index contributed by atoms with van der Waals surface area (Å²) in [5.41, 5.74) is 0. The summed E-state index contributed by atoms with van der Waals surface area (Å²) in [4.78, 5) is 38.8. The lowest BCUT2D eigenvalue weighted by atomic mass is 10.2. The fourth-order valence-corrected chi connectivity index (χ4v) is 2.61. The summed E-state index contributed by atoms with van der Waals surface area (Å²) >= 11 is 0. The zero-order valence-corrected chi connectivity index (χ0v) is 13.9. The maximum atomic E-state index is 12.3. The van der Waals surface area contributed by atoms with Crippen LogP contribution in [0, 0.1) is 0 Å². The quantitative estimate of drug-likeness (QED) is 0.668. The van der Waals surface area contributed by atoms with Crippen molar-refractivity contribution >= 4 is 17.8 Å². The van der Waals surface area contributed by atoms with E-state index in [9.17, 15) is 14.4 Å². The van der Waals surface area contributed by atoms with Crippen molar-refractivity contribution < 1.29 is 19.5 Å². The van der Waals surface area contributed by atoms with Crippen LogP contribution in [0.5, 0.6) is 0 Å². The predicted molar refractivity (Wildman–Crippen MR) is 83.4 cm³/mol. The fraction of sp³-hybridized carbons (Fsp3) is 0.812. The van der Waals surface area contributed by atoms with Crippen LogP contribution >= 0.6 is 0 Å². The Morgan fingerprint density at radius 2 is 1.55 bits per heavy atom. The van der Waals surface area contributed by atoms with Crippen LogP contribution in [0.2, 0.25) is 0 Å². The lowest BCUT2D eigenvalue weighted by molar-refractivity contribution is -0.150. The van der Waals surface area contributed by atoms with Crippen molar-refractivity contribution in [3.63, 3.8) is 0 Å². The van der Waals surface area contributed by atoms with Crippen LogP contribution < -0.4 is 0 Å². The van der Waals surface area contributed by atoms with Gasteiger partial charge in [-0.1, -0.05) is 13.8 Å². The predicted octanol–water partition coefficient (Wildman–Crippen LogP) is 1.88. The molecule has 1 atom stereocenters. The molecule has 1 saturated carbocycles. The number of carboxylic acids is 1. The molecule has 1 fully saturated rings. The molecule has 1 aliphatic carbocycles. The van der Waals surface area contributed by atoms with Gasteiger partial charge in [0.15, 0.2) is 0 Å². The van der Waals surface area contributed by atoms with E-state index in [1.165, 1.54) is 11.8 Å². The van der Waals surface area contributed by atoms with Crippen LogP contribution in [-0.4, -0.2) is 57.9 Å². The average Bonchev–Trinajstić information content (AvgIpc) is 3.29. The summed E-state index contributed by atoms with van der Waals surface area (Å²) in [6.07, 6.45) is 3.75. The smallest absolute Gasteiger partial charge is 0.326 e. The normalized spacial score (nSPS) is 15.2. The van der Waals surface area contributed by atoms with Crippen molar-refractivity contribution in [2.75, 3.05) is 13.1 Å². The van der Waals surface area contributed by atoms with Crippen LogP contribution in [0.1, 0.15) is 59.3 Å². The summed E-state index contributed by atoms with van der Waals surface area (Å²) in [6, 6.07) is -0.784. The number of amides is 2. The molecule has 1 rings (SSSR count). The maximum absolute atomic E-state index is 12.3. The Morgan fingerprint density at radius 1 is 1.05 bits per heavy atom. The number of rotatable bonds is 10. The summed E-state index contributed by atoms with van der Waals surface area (Å²) < 4.78 is 0. The second-order valence-corrected chi connectivity index (χ2v) is 5.93. The van der Waals surface area contributed by atoms with Crippen molar-refractivity contribution in [1.82, 2.24) is 9.80 Å². The molecule has 0 saturated heterocycles. The van der Waals surface area contributed by atoms with Crippen molar-refractivity contribution in [3.8, 4) is 0 Å². The van der Waals surface area contributed by atoms with Crippen LogP contribution in [0.25, 0.3) is 0 Å². The van der Waals surface area contributed by atoms with Gasteiger partial charge in [0.1, 0.15) is 6.04 Å². The van der Waals surface area contributed by atoms with E-state index in [2.05, 4.69) is 0 Å². The van der Waals surface area contributed by atoms with Gasteiger partial charge in [-0.15, -0.1) is 0 Å². The second-order valence-electron chi connectivity index (χ2n) is 5.93. The second kappa shape index (κ2) is 8.76. The number of carboxylic acid groups (broad SMARTS) is 1. The highest BCUT2D eigenvalue weighted by atomic mass is 16.4. The molecule has 1 unspecified atom stereocenters. The zero-order valence-electron chi connectivity index (χ0n) is 13.9. The Morgan fingerprint density at radius 3 is 1.95 bits per heavy atom. The highest BCUT2D eigenvalue weighted by Gasteiger charge is 2.38. The van der Waals surface area contributed by atoms with Crippen LogP contribution in [0.4, 0.5) is 0 Å². The lowest BCUT2D eigenvalue weighted by Gasteiger charge is -2.27. The summed E-state index contributed by atoms with van der Waals surface area (Å²) in [7, 11) is 0. The van der Waals surface area contributed by atoms with Crippen molar-refractivity contribution in [1.29, 1.82) is 0 Å². The molecule has 2 amide bonds. The van der Waals surface area contributed by atoms with Gasteiger partial charge in [-0.25, -0.2) is 4.79 Å². The largest absolute Gasteiger partial charge is 0.480 e. The van der Waals surface area contributed by atoms with Crippen molar-refractivity contribution in [2.24, 2.45) is 0 Å². The van der Waals surface area contributed by atoms with E-state index in [-0.39, 0.29) is 30.7 Å². The third-order valence-electron chi connectivity index (χ3n) is 3.90. The first kappa shape index (κ1) is 18.5. The summed E-state index contributed by atoms with van der Waals surface area (Å²) in [5, 5.41) is 9.11. The molecule has 6 heteroatoms. The van der Waals surface area contributed by atoms with E-state index < -0.39 is 12.0 Å². The monoisotopic (exact) mass is 312 g/mol. The van der Waals surface area contributed by atoms with Gasteiger partial charge in [-0.05, 0) is 32.6 Å². The molecule has 1 aliphatic rings. The minimum atomic E-state index is -0.995. The van der Waals surface area contributed by atoms with E-state index >= 15 is 0 Å². The molecular formula is C16H28N2O4. The van der Waals surface area contributed by atoms with Gasteiger partial charge in [-0.3, -0.25) is 9.59 Å². The van der Waals surface area contributed by atoms with Crippen LogP contribution in [0.15, 0.2) is 0 Å². The molecule has 1 N–H and O–H groups in total. The lowest BCUT2D eigenvalue weighted by Crippen LogP contribution is -2.45. The van der Waals surface area contributed by atoms with Gasteiger partial charge in [-0.2, -0.15) is 0 Å². The Kier molecular flexibility index (Phi) is 7.35. The number of hydrogen-bond acceptors (Lipinski definition) is 3. The highest BCUT2D eigenvalue weighted by Crippen LogP contribution is 2.29. The SMILES string of the molecule is CCCN(CCC)C(=O)CCC(=O)N(C1CC1)C(C)C(=O)O. The highest BCUT2D eigenvalue weighted by molar-refractivity contribution is 5.87. The molecule has 0 bridgehead atoms. The minimum Gasteiger partial charge on any atom is -0.480 e. The van der Waals surface area contributed by atoms with Crippen LogP contribution in [-0.2, 0) is 14.4 Å². The summed E-state index contributed by atoms with van der Waals surface area (Å²) in [5.74, 6) is -1.24. The Balaban J connectivity index is 2.55. The average molecular weight is 312 g/mol. The molecule has 0 aliphatic heterocycles. The Hall–Kier alpha value is -1.59. The number of nitrogens with zero attached hydrogens (tertiary/aromatic N) is 2. The molecule has 0 heterocycles. The molecule has 126 valence electrons. The zero-order chi connectivity index (χ0) is 16.7. The Bertz CT molecular complexity index is 401. The first-order valence-electron chi connectivity index (χ1n) is 8.24. The molecule has 22 heavy (non-hydrogen) atoms. The van der Waals surface area contributed by atoms with E-state index in [1.54, 1.807) is 4.90 Å². The molecule has 0 aromatic carbocycles. The summed E-state index contributed by atoms with van der Waals surface area (Å²) in [6.45, 7) is 6.98. The van der Waals surface area contributed by atoms with E-state index in [4.69, 9.17) is 5.11 Å². The van der Waals surface area contributed by atoms with Gasteiger partial charge in [0.2, 0.25) is 11.8 Å². The van der Waals surface area contributed by atoms with Gasteiger partial charge >= 0.3 is 5.97 Å². The molecule has 0 aromatic heterocycles. The number of hydrogen-bond donors (Lipinski definition) is 1. The number of aliphatic carboxylic acids is 1. The van der Waals surface area contributed by atoms with Gasteiger partial charge < -0.3 is 14.9 Å². The first-order chi connectivity index (χ1) is 10.4. The molecule has 6 nitrogen and oxygen atoms in total. The topological polar surface area (TPSA) is 77.9 Å². The molecular weight excluding hydrogens is 284 g/mol. The first-order valence-corrected chi connectivity index (χ1v) is 8.24.